The second-order valence-electron chi connectivity index (χ2n) is 8.66. The molecule has 0 aliphatic carbocycles. The second kappa shape index (κ2) is 7.12. The Morgan fingerprint density at radius 2 is 1.53 bits per heavy atom. The topological polar surface area (TPSA) is 3.88 Å². The van der Waals surface area contributed by atoms with Gasteiger partial charge in [0.1, 0.15) is 7.05 Å². The predicted octanol–water partition coefficient (Wildman–Crippen LogP) is 6.92. The maximum Gasteiger partial charge on any atom is 0.394 e. The number of rotatable bonds is 3. The van der Waals surface area contributed by atoms with Crippen molar-refractivity contribution in [2.24, 2.45) is 12.5 Å². The Labute approximate surface area is 174 Å². The van der Waals surface area contributed by atoms with E-state index in [1.54, 1.807) is 6.07 Å². The third kappa shape index (κ3) is 3.34. The number of pyridine rings is 1. The number of nitrogens with zero attached hydrogens (tertiary/aromatic N) is 1. The summed E-state index contributed by atoms with van der Waals surface area (Å²) in [5.41, 5.74) is 3.22. The van der Waals surface area contributed by atoms with Gasteiger partial charge in [0.2, 0.25) is 11.2 Å². The maximum absolute atomic E-state index is 13.5. The Morgan fingerprint density at radius 1 is 0.800 bits per heavy atom. The second-order valence-corrected chi connectivity index (χ2v) is 8.66. The van der Waals surface area contributed by atoms with Gasteiger partial charge < -0.3 is 0 Å². The highest BCUT2D eigenvalue weighted by molar-refractivity contribution is 5.97. The largest absolute Gasteiger partial charge is 0.394 e. The number of hydrogen-bond acceptors (Lipinski definition) is 0. The summed E-state index contributed by atoms with van der Waals surface area (Å²) in [6, 6.07) is 22.1. The average Bonchev–Trinajstić information content (AvgIpc) is 2.68. The third-order valence-corrected chi connectivity index (χ3v) is 6.10. The molecule has 0 amide bonds. The van der Waals surface area contributed by atoms with Crippen molar-refractivity contribution in [3.8, 4) is 11.3 Å². The van der Waals surface area contributed by atoms with Crippen LogP contribution in [0.4, 0.5) is 13.2 Å². The highest BCUT2D eigenvalue weighted by Gasteiger charge is 2.47. The van der Waals surface area contributed by atoms with E-state index in [9.17, 15) is 13.2 Å². The number of hydrogen-bond donors (Lipinski definition) is 0. The lowest BCUT2D eigenvalue weighted by molar-refractivity contribution is -0.633. The Kier molecular flexibility index (Phi) is 4.84. The van der Waals surface area contributed by atoms with Crippen LogP contribution in [0.5, 0.6) is 0 Å². The van der Waals surface area contributed by atoms with Crippen LogP contribution in [0.2, 0.25) is 0 Å². The van der Waals surface area contributed by atoms with Gasteiger partial charge in [-0.05, 0) is 41.3 Å². The molecule has 0 fully saturated rings. The summed E-state index contributed by atoms with van der Waals surface area (Å²) in [4.78, 5) is 0. The van der Waals surface area contributed by atoms with Gasteiger partial charge in [-0.25, -0.2) is 0 Å². The molecule has 0 radical (unpaired) electrons. The summed E-state index contributed by atoms with van der Waals surface area (Å²) in [5, 5.41) is 3.19. The quantitative estimate of drug-likeness (QED) is 0.324. The van der Waals surface area contributed by atoms with Gasteiger partial charge in [-0.3, -0.25) is 0 Å². The van der Waals surface area contributed by atoms with Crippen LogP contribution in [-0.2, 0) is 13.5 Å². The molecule has 30 heavy (non-hydrogen) atoms. The van der Waals surface area contributed by atoms with E-state index in [0.717, 1.165) is 27.7 Å². The molecule has 3 aromatic carbocycles. The van der Waals surface area contributed by atoms with Gasteiger partial charge in [-0.15, -0.1) is 0 Å². The fourth-order valence-electron chi connectivity index (χ4n) is 4.19. The first-order chi connectivity index (χ1) is 14.1. The summed E-state index contributed by atoms with van der Waals surface area (Å²) in [6.45, 7) is 4.62. The van der Waals surface area contributed by atoms with Crippen molar-refractivity contribution in [2.45, 2.75) is 33.4 Å². The molecule has 0 bridgehead atoms. The molecular weight excluding hydrogens is 383 g/mol. The Hall–Kier alpha value is -2.88. The van der Waals surface area contributed by atoms with Crippen molar-refractivity contribution in [1.82, 2.24) is 0 Å². The van der Waals surface area contributed by atoms with Crippen LogP contribution in [0.3, 0.4) is 0 Å². The summed E-state index contributed by atoms with van der Waals surface area (Å²) >= 11 is 0. The highest BCUT2D eigenvalue weighted by Crippen LogP contribution is 2.41. The smallest absolute Gasteiger partial charge is 0.194 e. The molecule has 0 saturated heterocycles. The lowest BCUT2D eigenvalue weighted by Gasteiger charge is -2.28. The molecule has 0 saturated carbocycles. The zero-order chi connectivity index (χ0) is 21.7. The molecule has 1 nitrogen and oxygen atoms in total. The molecule has 1 heterocycles. The zero-order valence-electron chi connectivity index (χ0n) is 17.6. The van der Waals surface area contributed by atoms with E-state index in [1.165, 1.54) is 24.6 Å². The lowest BCUT2D eigenvalue weighted by atomic mass is 9.84. The van der Waals surface area contributed by atoms with E-state index in [1.807, 2.05) is 43.4 Å². The highest BCUT2D eigenvalue weighted by atomic mass is 19.4. The van der Waals surface area contributed by atoms with Gasteiger partial charge in [0.05, 0.1) is 11.0 Å². The van der Waals surface area contributed by atoms with E-state index in [-0.39, 0.29) is 6.42 Å². The minimum atomic E-state index is -4.25. The summed E-state index contributed by atoms with van der Waals surface area (Å²) < 4.78 is 42.5. The first-order valence-electron chi connectivity index (χ1n) is 10.1. The number of benzene rings is 3. The number of aryl methyl sites for hydroxylation is 2. The predicted molar refractivity (Wildman–Crippen MR) is 116 cm³/mol. The molecule has 0 atom stereocenters. The minimum Gasteiger partial charge on any atom is -0.194 e. The van der Waals surface area contributed by atoms with E-state index in [4.69, 9.17) is 0 Å². The molecule has 0 aliphatic rings. The summed E-state index contributed by atoms with van der Waals surface area (Å²) in [7, 11) is 1.98. The van der Waals surface area contributed by atoms with Gasteiger partial charge in [-0.2, -0.15) is 17.7 Å². The zero-order valence-corrected chi connectivity index (χ0v) is 17.6. The van der Waals surface area contributed by atoms with E-state index < -0.39 is 11.6 Å². The monoisotopic (exact) mass is 408 g/mol. The van der Waals surface area contributed by atoms with E-state index >= 15 is 0 Å². The average molecular weight is 408 g/mol. The Bertz CT molecular complexity index is 1250. The van der Waals surface area contributed by atoms with Crippen molar-refractivity contribution >= 4 is 21.7 Å². The molecule has 4 rings (SSSR count). The molecule has 154 valence electrons. The molecule has 1 aromatic heterocycles. The fraction of sp³-hybridized carbons (Fsp3) is 0.269. The molecule has 0 N–H and O–H groups in total. The standard InChI is InChI=1S/C26H25F3N/c1-17-12-13-18-8-5-6-10-21(18)24(17)23-15-14-20-19(9-7-11-22(20)30(23)4)16-25(2,3)26(27,28)29/h5-15H,16H2,1-4H3/q+1. The molecule has 4 aromatic rings. The van der Waals surface area contributed by atoms with Crippen LogP contribution >= 0.6 is 0 Å². The van der Waals surface area contributed by atoms with Crippen molar-refractivity contribution < 1.29 is 17.7 Å². The van der Waals surface area contributed by atoms with Crippen molar-refractivity contribution in [1.29, 1.82) is 0 Å². The lowest BCUT2D eigenvalue weighted by Crippen LogP contribution is -2.35. The van der Waals surface area contributed by atoms with Gasteiger partial charge >= 0.3 is 6.18 Å². The maximum atomic E-state index is 13.5. The number of halogens is 3. The Morgan fingerprint density at radius 3 is 2.27 bits per heavy atom. The molecular formula is C26H25F3N+. The number of alkyl halides is 3. The van der Waals surface area contributed by atoms with Crippen LogP contribution in [0.15, 0.2) is 66.7 Å². The SMILES string of the molecule is Cc1ccc2ccccc2c1-c1ccc2c(CC(C)(C)C(F)(F)F)cccc2[n+]1C. The molecule has 0 unspecified atom stereocenters. The van der Waals surface area contributed by atoms with Crippen molar-refractivity contribution in [3.05, 3.63) is 77.9 Å². The molecule has 4 heteroatoms. The third-order valence-electron chi connectivity index (χ3n) is 6.10. The summed E-state index contributed by atoms with van der Waals surface area (Å²) in [6.07, 6.45) is -4.31. The van der Waals surface area contributed by atoms with Gasteiger partial charge in [0, 0.05) is 17.5 Å². The van der Waals surface area contributed by atoms with Crippen LogP contribution in [0, 0.1) is 12.3 Å². The van der Waals surface area contributed by atoms with Crippen molar-refractivity contribution in [2.75, 3.05) is 0 Å². The van der Waals surface area contributed by atoms with Gasteiger partial charge in [0.15, 0.2) is 0 Å². The minimum absolute atomic E-state index is 0.0551. The van der Waals surface area contributed by atoms with Gasteiger partial charge in [0.25, 0.3) is 0 Å². The van der Waals surface area contributed by atoms with Crippen molar-refractivity contribution in [3.63, 3.8) is 0 Å². The number of fused-ring (bicyclic) bond motifs is 2. The van der Waals surface area contributed by atoms with Crippen LogP contribution in [0.25, 0.3) is 32.9 Å². The number of aromatic nitrogens is 1. The van der Waals surface area contributed by atoms with Crippen LogP contribution in [0.1, 0.15) is 25.0 Å². The van der Waals surface area contributed by atoms with E-state index in [0.29, 0.717) is 5.56 Å². The Balaban J connectivity index is 1.91. The van der Waals surface area contributed by atoms with Gasteiger partial charge in [-0.1, -0.05) is 62.4 Å². The fourth-order valence-corrected chi connectivity index (χ4v) is 4.19. The molecule has 0 aliphatic heterocycles. The molecule has 0 spiro atoms. The first-order valence-corrected chi connectivity index (χ1v) is 10.1. The van der Waals surface area contributed by atoms with Crippen LogP contribution < -0.4 is 4.57 Å². The first kappa shape index (κ1) is 20.4. The van der Waals surface area contributed by atoms with E-state index in [2.05, 4.69) is 35.8 Å². The van der Waals surface area contributed by atoms with Crippen LogP contribution in [-0.4, -0.2) is 6.18 Å². The normalized spacial score (nSPS) is 12.6. The summed E-state index contributed by atoms with van der Waals surface area (Å²) in [5.74, 6) is 0.